The number of fused-ring (bicyclic) bond motifs is 1. The van der Waals surface area contributed by atoms with Crippen LogP contribution in [0.25, 0.3) is 5.57 Å². The lowest BCUT2D eigenvalue weighted by Crippen LogP contribution is -2.29. The number of thiocarbonyl (C=S) groups is 1. The quantitative estimate of drug-likeness (QED) is 0.569. The molecule has 0 spiro atoms. The zero-order chi connectivity index (χ0) is 20.0. The Morgan fingerprint density at radius 1 is 0.964 bits per heavy atom. The van der Waals surface area contributed by atoms with Crippen molar-refractivity contribution in [1.29, 1.82) is 0 Å². The summed E-state index contributed by atoms with van der Waals surface area (Å²) >= 11 is 6.60. The Hall–Kier alpha value is -2.84. The summed E-state index contributed by atoms with van der Waals surface area (Å²) in [7, 11) is 4.76. The number of ether oxygens (including phenoxy) is 2. The third-order valence-electron chi connectivity index (χ3n) is 4.68. The van der Waals surface area contributed by atoms with E-state index in [4.69, 9.17) is 21.7 Å². The molecular formula is C20H16N2O4S2. The molecule has 0 bridgehead atoms. The Morgan fingerprint density at radius 3 is 2.43 bits per heavy atom. The van der Waals surface area contributed by atoms with Crippen LogP contribution in [-0.4, -0.2) is 37.4 Å². The number of amides is 2. The van der Waals surface area contributed by atoms with E-state index in [1.165, 1.54) is 12.0 Å². The molecule has 2 heterocycles. The molecule has 8 heteroatoms. The minimum absolute atomic E-state index is 0.223. The van der Waals surface area contributed by atoms with Gasteiger partial charge in [-0.25, -0.2) is 0 Å². The van der Waals surface area contributed by atoms with Crippen molar-refractivity contribution in [3.63, 3.8) is 0 Å². The van der Waals surface area contributed by atoms with E-state index in [-0.39, 0.29) is 11.8 Å². The van der Waals surface area contributed by atoms with Crippen molar-refractivity contribution in [2.24, 2.45) is 0 Å². The van der Waals surface area contributed by atoms with Gasteiger partial charge < -0.3 is 14.4 Å². The number of carbonyl (C=O) groups excluding carboxylic acids is 2. The van der Waals surface area contributed by atoms with Crippen molar-refractivity contribution < 1.29 is 19.1 Å². The molecule has 4 rings (SSSR count). The summed E-state index contributed by atoms with van der Waals surface area (Å²) in [5.41, 5.74) is 2.35. The maximum absolute atomic E-state index is 13.3. The smallest absolute Gasteiger partial charge is 0.271 e. The lowest BCUT2D eigenvalue weighted by atomic mass is 10.1. The number of benzene rings is 2. The molecule has 0 atom stereocenters. The highest BCUT2D eigenvalue weighted by molar-refractivity contribution is 8.27. The van der Waals surface area contributed by atoms with Gasteiger partial charge in [-0.15, -0.1) is 0 Å². The lowest BCUT2D eigenvalue weighted by molar-refractivity contribution is -0.115. The fourth-order valence-electron chi connectivity index (χ4n) is 3.29. The number of thioether (sulfide) groups is 1. The van der Waals surface area contributed by atoms with Crippen LogP contribution in [-0.2, 0) is 9.59 Å². The number of para-hydroxylation sites is 1. The summed E-state index contributed by atoms with van der Waals surface area (Å²) in [4.78, 5) is 29.4. The summed E-state index contributed by atoms with van der Waals surface area (Å²) in [6.07, 6.45) is 0. The van der Waals surface area contributed by atoms with Gasteiger partial charge in [-0.3, -0.25) is 14.5 Å². The van der Waals surface area contributed by atoms with E-state index in [1.807, 2.05) is 24.3 Å². The first-order valence-electron chi connectivity index (χ1n) is 8.38. The third-order valence-corrected chi connectivity index (χ3v) is 6.05. The lowest BCUT2D eigenvalue weighted by Gasteiger charge is -2.18. The van der Waals surface area contributed by atoms with Gasteiger partial charge in [0.1, 0.15) is 11.5 Å². The first kappa shape index (κ1) is 18.5. The predicted molar refractivity (Wildman–Crippen MR) is 114 cm³/mol. The second kappa shape index (κ2) is 6.96. The number of nitrogens with zero attached hydrogens (tertiary/aromatic N) is 2. The molecule has 2 aromatic carbocycles. The zero-order valence-electron chi connectivity index (χ0n) is 15.4. The molecule has 2 aliphatic rings. The molecule has 0 radical (unpaired) electrons. The molecule has 1 fully saturated rings. The Balaban J connectivity index is 1.86. The Labute approximate surface area is 171 Å². The SMILES string of the molecule is COc1ccc(OC)c(N2C(=O)C(=C3C(=O)N(C)c4ccccc43)SC2=S)c1. The van der Waals surface area contributed by atoms with E-state index in [0.29, 0.717) is 32.0 Å². The average molecular weight is 412 g/mol. The van der Waals surface area contributed by atoms with Gasteiger partial charge >= 0.3 is 0 Å². The van der Waals surface area contributed by atoms with Crippen molar-refractivity contribution in [2.45, 2.75) is 0 Å². The van der Waals surface area contributed by atoms with Crippen LogP contribution in [0.15, 0.2) is 47.4 Å². The van der Waals surface area contributed by atoms with Crippen LogP contribution >= 0.6 is 24.0 Å². The molecule has 2 aromatic rings. The summed E-state index contributed by atoms with van der Waals surface area (Å²) in [5, 5.41) is 0. The van der Waals surface area contributed by atoms with Gasteiger partial charge in [0.15, 0.2) is 4.32 Å². The van der Waals surface area contributed by atoms with Gasteiger partial charge in [0.05, 0.1) is 36.1 Å². The molecule has 28 heavy (non-hydrogen) atoms. The van der Waals surface area contributed by atoms with Gasteiger partial charge in [-0.1, -0.05) is 42.2 Å². The number of hydrogen-bond donors (Lipinski definition) is 0. The van der Waals surface area contributed by atoms with Gasteiger partial charge in [-0.05, 0) is 18.2 Å². The maximum atomic E-state index is 13.3. The molecular weight excluding hydrogens is 396 g/mol. The monoisotopic (exact) mass is 412 g/mol. The molecule has 142 valence electrons. The number of carbonyl (C=O) groups is 2. The van der Waals surface area contributed by atoms with Crippen LogP contribution in [0, 0.1) is 0 Å². The minimum atomic E-state index is -0.352. The molecule has 6 nitrogen and oxygen atoms in total. The van der Waals surface area contributed by atoms with Crippen molar-refractivity contribution >= 4 is 57.1 Å². The van der Waals surface area contributed by atoms with Gasteiger partial charge in [0, 0.05) is 18.7 Å². The van der Waals surface area contributed by atoms with Gasteiger partial charge in [0.2, 0.25) is 0 Å². The van der Waals surface area contributed by atoms with Crippen molar-refractivity contribution in [1.82, 2.24) is 0 Å². The summed E-state index contributed by atoms with van der Waals surface area (Å²) in [5.74, 6) is 0.479. The van der Waals surface area contributed by atoms with Crippen LogP contribution in [0.5, 0.6) is 11.5 Å². The molecule has 2 aliphatic heterocycles. The first-order valence-corrected chi connectivity index (χ1v) is 9.60. The second-order valence-electron chi connectivity index (χ2n) is 6.13. The fraction of sp³-hybridized carbons (Fsp3) is 0.150. The van der Waals surface area contributed by atoms with Crippen molar-refractivity contribution in [2.75, 3.05) is 31.1 Å². The molecule has 1 saturated heterocycles. The number of rotatable bonds is 3. The molecule has 0 aromatic heterocycles. The molecule has 0 aliphatic carbocycles. The third kappa shape index (κ3) is 2.68. The summed E-state index contributed by atoms with van der Waals surface area (Å²) < 4.78 is 11.0. The normalized spacial score (nSPS) is 18.8. The summed E-state index contributed by atoms with van der Waals surface area (Å²) in [6, 6.07) is 12.5. The molecule has 2 amide bonds. The average Bonchev–Trinajstić information content (AvgIpc) is 3.14. The Kier molecular flexibility index (Phi) is 4.60. The highest BCUT2D eigenvalue weighted by atomic mass is 32.2. The van der Waals surface area contributed by atoms with E-state index in [0.717, 1.165) is 23.0 Å². The molecule has 0 unspecified atom stereocenters. The van der Waals surface area contributed by atoms with Crippen LogP contribution in [0.3, 0.4) is 0 Å². The van der Waals surface area contributed by atoms with E-state index < -0.39 is 0 Å². The Morgan fingerprint density at radius 2 is 1.71 bits per heavy atom. The van der Waals surface area contributed by atoms with E-state index in [9.17, 15) is 9.59 Å². The van der Waals surface area contributed by atoms with Crippen LogP contribution in [0.4, 0.5) is 11.4 Å². The topological polar surface area (TPSA) is 59.1 Å². The van der Waals surface area contributed by atoms with E-state index in [2.05, 4.69) is 0 Å². The number of hydrogen-bond acceptors (Lipinski definition) is 6. The van der Waals surface area contributed by atoms with Crippen molar-refractivity contribution in [3.8, 4) is 11.5 Å². The van der Waals surface area contributed by atoms with Crippen molar-refractivity contribution in [3.05, 3.63) is 52.9 Å². The van der Waals surface area contributed by atoms with Crippen LogP contribution in [0.2, 0.25) is 0 Å². The minimum Gasteiger partial charge on any atom is -0.497 e. The number of anilines is 2. The van der Waals surface area contributed by atoms with Gasteiger partial charge in [0.25, 0.3) is 11.8 Å². The Bertz CT molecular complexity index is 1060. The van der Waals surface area contributed by atoms with E-state index in [1.54, 1.807) is 37.3 Å². The molecule has 0 saturated carbocycles. The largest absolute Gasteiger partial charge is 0.497 e. The highest BCUT2D eigenvalue weighted by Crippen LogP contribution is 2.46. The maximum Gasteiger partial charge on any atom is 0.271 e. The number of methoxy groups -OCH3 is 2. The van der Waals surface area contributed by atoms with Gasteiger partial charge in [-0.2, -0.15) is 0 Å². The van der Waals surface area contributed by atoms with Crippen LogP contribution in [0.1, 0.15) is 5.56 Å². The fourth-order valence-corrected chi connectivity index (χ4v) is 4.64. The molecule has 0 N–H and O–H groups in total. The summed E-state index contributed by atoms with van der Waals surface area (Å²) in [6.45, 7) is 0. The number of likely N-dealkylation sites (N-methyl/N-ethyl adjacent to an activating group) is 1. The standard InChI is InChI=1S/C20H16N2O4S2/c1-21-13-7-5-4-6-12(13)16(18(21)23)17-19(24)22(20(27)28-17)14-10-11(25-2)8-9-15(14)26-3/h4-10H,1-3H3. The predicted octanol–water partition coefficient (Wildman–Crippen LogP) is 3.46. The van der Waals surface area contributed by atoms with E-state index >= 15 is 0 Å². The zero-order valence-corrected chi connectivity index (χ0v) is 17.0. The first-order chi connectivity index (χ1) is 13.5. The second-order valence-corrected chi connectivity index (χ2v) is 7.78. The highest BCUT2D eigenvalue weighted by Gasteiger charge is 2.42. The van der Waals surface area contributed by atoms with Crippen LogP contribution < -0.4 is 19.3 Å².